The van der Waals surface area contributed by atoms with E-state index in [2.05, 4.69) is 20.5 Å². The third kappa shape index (κ3) is 3.49. The summed E-state index contributed by atoms with van der Waals surface area (Å²) in [7, 11) is 0. The van der Waals surface area contributed by atoms with Crippen LogP contribution in [0, 0.1) is 0 Å². The summed E-state index contributed by atoms with van der Waals surface area (Å²) in [6.07, 6.45) is 0.408. The lowest BCUT2D eigenvalue weighted by Gasteiger charge is -2.11. The Bertz CT molecular complexity index is 1120. The minimum atomic E-state index is -0.645. The van der Waals surface area contributed by atoms with E-state index in [0.29, 0.717) is 10.2 Å². The number of amides is 1. The molecule has 0 aliphatic carbocycles. The molecule has 136 valence electrons. The number of hydrazone groups is 1. The highest BCUT2D eigenvalue weighted by Gasteiger charge is 2.20. The minimum Gasteiger partial charge on any atom is -0.453 e. The molecule has 0 saturated heterocycles. The highest BCUT2D eigenvalue weighted by Crippen LogP contribution is 2.30. The Morgan fingerprint density at radius 2 is 2.00 bits per heavy atom. The van der Waals surface area contributed by atoms with Crippen molar-refractivity contribution in [2.45, 2.75) is 19.4 Å². The number of H-pyrrole nitrogens is 1. The summed E-state index contributed by atoms with van der Waals surface area (Å²) in [5.41, 5.74) is 3.85. The molecule has 27 heavy (non-hydrogen) atoms. The van der Waals surface area contributed by atoms with Crippen molar-refractivity contribution in [3.63, 3.8) is 0 Å². The van der Waals surface area contributed by atoms with E-state index in [0.717, 1.165) is 11.1 Å². The van der Waals surface area contributed by atoms with E-state index in [-0.39, 0.29) is 42.5 Å². The number of ether oxygens (including phenoxy) is 1. The first kappa shape index (κ1) is 17.1. The fourth-order valence-corrected chi connectivity index (χ4v) is 3.70. The number of aromatic nitrogens is 2. The molecule has 4 rings (SSSR count). The van der Waals surface area contributed by atoms with Crippen LogP contribution < -0.4 is 11.0 Å². The average Bonchev–Trinajstić information content (AvgIpc) is 3.12. The predicted octanol–water partition coefficient (Wildman–Crippen LogP) is 1.96. The lowest BCUT2D eigenvalue weighted by molar-refractivity contribution is -0.137. The molecule has 1 aromatic carbocycles. The van der Waals surface area contributed by atoms with Crippen LogP contribution in [-0.4, -0.2) is 27.6 Å². The van der Waals surface area contributed by atoms with Crippen LogP contribution in [-0.2, 0) is 20.9 Å². The van der Waals surface area contributed by atoms with E-state index in [9.17, 15) is 14.4 Å². The van der Waals surface area contributed by atoms with Gasteiger partial charge in [-0.2, -0.15) is 5.10 Å². The SMILES string of the molecule is O=C1CCC(C(=O)OCc2nc3scc(-c4ccccc4)c3c(=O)[nH]2)=NN1. The van der Waals surface area contributed by atoms with Crippen LogP contribution in [0.2, 0.25) is 0 Å². The predicted molar refractivity (Wildman–Crippen MR) is 100 cm³/mol. The quantitative estimate of drug-likeness (QED) is 0.670. The Kier molecular flexibility index (Phi) is 4.51. The van der Waals surface area contributed by atoms with Crippen LogP contribution in [0.3, 0.4) is 0 Å². The Balaban J connectivity index is 1.55. The van der Waals surface area contributed by atoms with Crippen molar-refractivity contribution in [3.05, 3.63) is 51.9 Å². The molecule has 3 aromatic rings. The van der Waals surface area contributed by atoms with Crippen molar-refractivity contribution in [2.75, 3.05) is 0 Å². The number of esters is 1. The Hall–Kier alpha value is -3.33. The molecule has 1 aliphatic rings. The normalized spacial score (nSPS) is 13.9. The van der Waals surface area contributed by atoms with Crippen molar-refractivity contribution < 1.29 is 14.3 Å². The van der Waals surface area contributed by atoms with Gasteiger partial charge in [-0.15, -0.1) is 11.3 Å². The Morgan fingerprint density at radius 1 is 1.19 bits per heavy atom. The number of fused-ring (bicyclic) bond motifs is 1. The molecule has 0 spiro atoms. The maximum Gasteiger partial charge on any atom is 0.354 e. The number of rotatable bonds is 4. The van der Waals surface area contributed by atoms with Gasteiger partial charge >= 0.3 is 5.97 Å². The third-order valence-electron chi connectivity index (χ3n) is 4.06. The highest BCUT2D eigenvalue weighted by molar-refractivity contribution is 7.17. The van der Waals surface area contributed by atoms with Crippen LogP contribution >= 0.6 is 11.3 Å². The Labute approximate surface area is 156 Å². The van der Waals surface area contributed by atoms with Gasteiger partial charge < -0.3 is 9.72 Å². The molecule has 0 unspecified atom stereocenters. The minimum absolute atomic E-state index is 0.139. The zero-order valence-corrected chi connectivity index (χ0v) is 14.8. The molecule has 1 aliphatic heterocycles. The van der Waals surface area contributed by atoms with Crippen molar-refractivity contribution in [1.82, 2.24) is 15.4 Å². The molecule has 9 heteroatoms. The van der Waals surface area contributed by atoms with Crippen LogP contribution in [0.4, 0.5) is 0 Å². The fraction of sp³-hybridized carbons (Fsp3) is 0.167. The van der Waals surface area contributed by atoms with Gasteiger partial charge in [0.25, 0.3) is 5.56 Å². The standard InChI is InChI=1S/C18H14N4O4S/c23-14-7-6-12(21-22-14)18(25)26-8-13-19-16(24)15-11(9-27-17(15)20-13)10-4-2-1-3-5-10/h1-5,9H,6-8H2,(H,22,23)(H,19,20,24). The maximum absolute atomic E-state index is 12.5. The molecular formula is C18H14N4O4S. The van der Waals surface area contributed by atoms with Crippen LogP contribution in [0.5, 0.6) is 0 Å². The Morgan fingerprint density at radius 3 is 2.74 bits per heavy atom. The second kappa shape index (κ2) is 7.12. The van der Waals surface area contributed by atoms with E-state index in [1.54, 1.807) is 0 Å². The lowest BCUT2D eigenvalue weighted by atomic mass is 10.1. The fourth-order valence-electron chi connectivity index (χ4n) is 2.73. The van der Waals surface area contributed by atoms with Gasteiger partial charge in [-0.25, -0.2) is 15.2 Å². The zero-order chi connectivity index (χ0) is 18.8. The maximum atomic E-state index is 12.5. The summed E-state index contributed by atoms with van der Waals surface area (Å²) >= 11 is 1.36. The molecule has 3 heterocycles. The number of benzene rings is 1. The molecule has 0 atom stereocenters. The largest absolute Gasteiger partial charge is 0.453 e. The van der Waals surface area contributed by atoms with E-state index >= 15 is 0 Å². The summed E-state index contributed by atoms with van der Waals surface area (Å²) in [6.45, 7) is -0.185. The van der Waals surface area contributed by atoms with E-state index in [1.165, 1.54) is 11.3 Å². The van der Waals surface area contributed by atoms with Crippen molar-refractivity contribution >= 4 is 39.1 Å². The van der Waals surface area contributed by atoms with Crippen molar-refractivity contribution in [3.8, 4) is 11.1 Å². The van der Waals surface area contributed by atoms with Crippen molar-refractivity contribution in [1.29, 1.82) is 0 Å². The number of thiophene rings is 1. The molecule has 0 fully saturated rings. The molecule has 2 aromatic heterocycles. The smallest absolute Gasteiger partial charge is 0.354 e. The molecule has 8 nitrogen and oxygen atoms in total. The van der Waals surface area contributed by atoms with Crippen LogP contribution in [0.1, 0.15) is 18.7 Å². The summed E-state index contributed by atoms with van der Waals surface area (Å²) in [4.78, 5) is 43.2. The first-order chi connectivity index (χ1) is 13.1. The van der Waals surface area contributed by atoms with Gasteiger partial charge in [-0.05, 0) is 5.56 Å². The van der Waals surface area contributed by atoms with E-state index < -0.39 is 5.97 Å². The van der Waals surface area contributed by atoms with Gasteiger partial charge in [0.1, 0.15) is 23.0 Å². The third-order valence-corrected chi connectivity index (χ3v) is 4.93. The summed E-state index contributed by atoms with van der Waals surface area (Å²) in [6, 6.07) is 9.59. The van der Waals surface area contributed by atoms with Gasteiger partial charge in [0.15, 0.2) is 0 Å². The highest BCUT2D eigenvalue weighted by atomic mass is 32.1. The number of nitrogens with one attached hydrogen (secondary N) is 2. The average molecular weight is 382 g/mol. The molecule has 0 bridgehead atoms. The number of carbonyl (C=O) groups is 2. The number of hydrogen-bond donors (Lipinski definition) is 2. The summed E-state index contributed by atoms with van der Waals surface area (Å²) in [5.74, 6) is -0.633. The van der Waals surface area contributed by atoms with Gasteiger partial charge in [-0.3, -0.25) is 9.59 Å². The molecule has 2 N–H and O–H groups in total. The first-order valence-corrected chi connectivity index (χ1v) is 9.08. The van der Waals surface area contributed by atoms with Gasteiger partial charge in [0.2, 0.25) is 5.91 Å². The zero-order valence-electron chi connectivity index (χ0n) is 14.0. The number of carbonyl (C=O) groups excluding carboxylic acids is 2. The summed E-state index contributed by atoms with van der Waals surface area (Å²) in [5, 5.41) is 6.08. The van der Waals surface area contributed by atoms with Gasteiger partial charge in [0.05, 0.1) is 5.39 Å². The second-order valence-electron chi connectivity index (χ2n) is 5.88. The molecule has 1 amide bonds. The second-order valence-corrected chi connectivity index (χ2v) is 6.74. The lowest BCUT2D eigenvalue weighted by Crippen LogP contribution is -2.30. The van der Waals surface area contributed by atoms with Crippen molar-refractivity contribution in [2.24, 2.45) is 5.10 Å². The van der Waals surface area contributed by atoms with Gasteiger partial charge in [0, 0.05) is 23.8 Å². The summed E-state index contributed by atoms with van der Waals surface area (Å²) < 4.78 is 5.15. The molecular weight excluding hydrogens is 368 g/mol. The van der Waals surface area contributed by atoms with Crippen LogP contribution in [0.25, 0.3) is 21.3 Å². The number of aromatic amines is 1. The topological polar surface area (TPSA) is 114 Å². The van der Waals surface area contributed by atoms with Gasteiger partial charge in [-0.1, -0.05) is 30.3 Å². The first-order valence-electron chi connectivity index (χ1n) is 8.20. The van der Waals surface area contributed by atoms with E-state index in [4.69, 9.17) is 4.74 Å². The monoisotopic (exact) mass is 382 g/mol. The number of hydrogen-bond acceptors (Lipinski definition) is 7. The number of nitrogens with zero attached hydrogens (tertiary/aromatic N) is 2. The van der Waals surface area contributed by atoms with E-state index in [1.807, 2.05) is 35.7 Å². The molecule has 0 saturated carbocycles. The van der Waals surface area contributed by atoms with Crippen LogP contribution in [0.15, 0.2) is 45.6 Å². The molecule has 0 radical (unpaired) electrons.